The van der Waals surface area contributed by atoms with E-state index in [-0.39, 0.29) is 0 Å². The van der Waals surface area contributed by atoms with Gasteiger partial charge in [-0.1, -0.05) is 48.0 Å². The first kappa shape index (κ1) is 8.75. The first-order chi connectivity index (χ1) is 7.27. The summed E-state index contributed by atoms with van der Waals surface area (Å²) in [7, 11) is 0. The van der Waals surface area contributed by atoms with Crippen molar-refractivity contribution in [3.63, 3.8) is 0 Å². The van der Waals surface area contributed by atoms with E-state index < -0.39 is 6.92 Å². The zero-order chi connectivity index (χ0) is 10.4. The van der Waals surface area contributed by atoms with Crippen molar-refractivity contribution in [1.82, 2.24) is 0 Å². The van der Waals surface area contributed by atoms with E-state index in [1.165, 1.54) is 16.7 Å². The SMILES string of the molecule is Cc1ccc2c(c1)B(O)c1ccccc1-2. The fourth-order valence-corrected chi connectivity index (χ4v) is 2.30. The van der Waals surface area contributed by atoms with Gasteiger partial charge in [-0.05, 0) is 29.0 Å². The van der Waals surface area contributed by atoms with E-state index in [4.69, 9.17) is 0 Å². The predicted molar refractivity (Wildman–Crippen MR) is 63.9 cm³/mol. The minimum Gasteiger partial charge on any atom is -0.443 e. The van der Waals surface area contributed by atoms with Gasteiger partial charge in [0.2, 0.25) is 0 Å². The Kier molecular flexibility index (Phi) is 1.74. The van der Waals surface area contributed by atoms with Gasteiger partial charge in [0.15, 0.2) is 0 Å². The lowest BCUT2D eigenvalue weighted by Crippen LogP contribution is -2.37. The third-order valence-corrected chi connectivity index (χ3v) is 3.05. The van der Waals surface area contributed by atoms with Crippen LogP contribution in [-0.2, 0) is 0 Å². The summed E-state index contributed by atoms with van der Waals surface area (Å²) in [6, 6.07) is 14.3. The number of rotatable bonds is 0. The predicted octanol–water partition coefficient (Wildman–Crippen LogP) is 1.07. The van der Waals surface area contributed by atoms with Gasteiger partial charge in [0.1, 0.15) is 0 Å². The fourth-order valence-electron chi connectivity index (χ4n) is 2.30. The molecule has 0 radical (unpaired) electrons. The van der Waals surface area contributed by atoms with Crippen LogP contribution in [0, 0.1) is 6.92 Å². The van der Waals surface area contributed by atoms with Crippen LogP contribution < -0.4 is 10.9 Å². The topological polar surface area (TPSA) is 20.2 Å². The van der Waals surface area contributed by atoms with Gasteiger partial charge in [-0.25, -0.2) is 0 Å². The van der Waals surface area contributed by atoms with Gasteiger partial charge in [-0.2, -0.15) is 0 Å². The Labute approximate surface area is 89.5 Å². The lowest BCUT2D eigenvalue weighted by Gasteiger charge is -2.02. The molecule has 2 aromatic carbocycles. The summed E-state index contributed by atoms with van der Waals surface area (Å²) in [5.41, 5.74) is 5.60. The number of fused-ring (bicyclic) bond motifs is 3. The molecule has 2 aromatic rings. The second-order valence-electron chi connectivity index (χ2n) is 4.08. The van der Waals surface area contributed by atoms with E-state index in [0.29, 0.717) is 0 Å². The normalized spacial score (nSPS) is 12.5. The molecule has 0 unspecified atom stereocenters. The molecular formula is C13H11BO. The zero-order valence-electron chi connectivity index (χ0n) is 8.57. The maximum atomic E-state index is 10.2. The average molecular weight is 194 g/mol. The number of aryl methyl sites for hydroxylation is 1. The number of hydrogen-bond acceptors (Lipinski definition) is 1. The molecule has 1 nitrogen and oxygen atoms in total. The Morgan fingerprint density at radius 2 is 1.67 bits per heavy atom. The Morgan fingerprint density at radius 3 is 2.53 bits per heavy atom. The molecule has 2 heteroatoms. The molecule has 0 aliphatic carbocycles. The van der Waals surface area contributed by atoms with Crippen LogP contribution in [0.4, 0.5) is 0 Å². The third-order valence-electron chi connectivity index (χ3n) is 3.05. The van der Waals surface area contributed by atoms with Gasteiger partial charge >= 0.3 is 6.92 Å². The van der Waals surface area contributed by atoms with Gasteiger partial charge in [0.25, 0.3) is 0 Å². The maximum absolute atomic E-state index is 10.2. The van der Waals surface area contributed by atoms with E-state index in [0.717, 1.165) is 10.9 Å². The van der Waals surface area contributed by atoms with Crippen molar-refractivity contribution in [2.24, 2.45) is 0 Å². The second kappa shape index (κ2) is 2.98. The first-order valence-corrected chi connectivity index (χ1v) is 5.15. The van der Waals surface area contributed by atoms with E-state index in [2.05, 4.69) is 31.2 Å². The Morgan fingerprint density at radius 1 is 0.933 bits per heavy atom. The van der Waals surface area contributed by atoms with E-state index >= 15 is 0 Å². The van der Waals surface area contributed by atoms with E-state index in [9.17, 15) is 5.02 Å². The van der Waals surface area contributed by atoms with Crippen molar-refractivity contribution in [3.8, 4) is 11.1 Å². The highest BCUT2D eigenvalue weighted by Gasteiger charge is 2.30. The molecule has 0 saturated heterocycles. The van der Waals surface area contributed by atoms with Crippen LogP contribution in [0.25, 0.3) is 11.1 Å². The van der Waals surface area contributed by atoms with Crippen molar-refractivity contribution in [1.29, 1.82) is 0 Å². The van der Waals surface area contributed by atoms with Crippen LogP contribution in [0.3, 0.4) is 0 Å². The van der Waals surface area contributed by atoms with Crippen molar-refractivity contribution in [2.75, 3.05) is 0 Å². The molecule has 1 N–H and O–H groups in total. The molecule has 0 amide bonds. The molecule has 0 saturated carbocycles. The van der Waals surface area contributed by atoms with Crippen LogP contribution in [0.5, 0.6) is 0 Å². The molecule has 3 rings (SSSR count). The molecule has 72 valence electrons. The van der Waals surface area contributed by atoms with Crippen LogP contribution >= 0.6 is 0 Å². The average Bonchev–Trinajstić information content (AvgIpc) is 2.54. The number of hydrogen-bond donors (Lipinski definition) is 1. The van der Waals surface area contributed by atoms with Gasteiger partial charge in [-0.15, -0.1) is 0 Å². The van der Waals surface area contributed by atoms with Crippen molar-refractivity contribution >= 4 is 17.8 Å². The van der Waals surface area contributed by atoms with Crippen LogP contribution in [0.2, 0.25) is 0 Å². The summed E-state index contributed by atoms with van der Waals surface area (Å²) >= 11 is 0. The minimum absolute atomic E-state index is 0.448. The third kappa shape index (κ3) is 1.15. The summed E-state index contributed by atoms with van der Waals surface area (Å²) in [6.45, 7) is 1.60. The number of benzene rings is 2. The molecule has 0 atom stereocenters. The molecule has 0 spiro atoms. The largest absolute Gasteiger partial charge is 0.443 e. The molecule has 15 heavy (non-hydrogen) atoms. The molecule has 1 aliphatic heterocycles. The van der Waals surface area contributed by atoms with Gasteiger partial charge in [0, 0.05) is 0 Å². The van der Waals surface area contributed by atoms with Crippen molar-refractivity contribution in [2.45, 2.75) is 6.92 Å². The van der Waals surface area contributed by atoms with Crippen molar-refractivity contribution in [3.05, 3.63) is 48.0 Å². The summed E-state index contributed by atoms with van der Waals surface area (Å²) < 4.78 is 0. The smallest absolute Gasteiger partial charge is 0.360 e. The monoisotopic (exact) mass is 194 g/mol. The Hall–Kier alpha value is -1.54. The molecule has 0 aromatic heterocycles. The second-order valence-corrected chi connectivity index (χ2v) is 4.08. The summed E-state index contributed by atoms with van der Waals surface area (Å²) in [5, 5.41) is 10.2. The lowest BCUT2D eigenvalue weighted by molar-refractivity contribution is 0.601. The Balaban J connectivity index is 2.32. The maximum Gasteiger partial charge on any atom is 0.360 e. The van der Waals surface area contributed by atoms with Crippen LogP contribution in [-0.4, -0.2) is 11.9 Å². The van der Waals surface area contributed by atoms with E-state index in [1.54, 1.807) is 0 Å². The molecular weight excluding hydrogens is 183 g/mol. The molecule has 0 bridgehead atoms. The lowest BCUT2D eigenvalue weighted by atomic mass is 9.59. The molecule has 1 aliphatic rings. The quantitative estimate of drug-likeness (QED) is 0.622. The summed E-state index contributed by atoms with van der Waals surface area (Å²) in [4.78, 5) is 0. The van der Waals surface area contributed by atoms with Crippen LogP contribution in [0.15, 0.2) is 42.5 Å². The highest BCUT2D eigenvalue weighted by molar-refractivity contribution is 6.83. The van der Waals surface area contributed by atoms with Gasteiger partial charge in [0.05, 0.1) is 0 Å². The highest BCUT2D eigenvalue weighted by Crippen LogP contribution is 2.22. The van der Waals surface area contributed by atoms with Gasteiger partial charge < -0.3 is 5.02 Å². The fraction of sp³-hybridized carbons (Fsp3) is 0.0769. The Bertz CT molecular complexity index is 534. The standard InChI is InChI=1S/C13H11BO/c1-9-6-7-11-10-4-2-3-5-12(10)14(15)13(11)8-9/h2-8,15H,1H3. The molecule has 1 heterocycles. The van der Waals surface area contributed by atoms with Crippen molar-refractivity contribution < 1.29 is 5.02 Å². The summed E-state index contributed by atoms with van der Waals surface area (Å²) in [5.74, 6) is 0. The van der Waals surface area contributed by atoms with Gasteiger partial charge in [-0.3, -0.25) is 0 Å². The van der Waals surface area contributed by atoms with E-state index in [1.807, 2.05) is 18.2 Å². The van der Waals surface area contributed by atoms with Crippen LogP contribution in [0.1, 0.15) is 5.56 Å². The zero-order valence-corrected chi connectivity index (χ0v) is 8.57. The minimum atomic E-state index is -0.448. The first-order valence-electron chi connectivity index (χ1n) is 5.15. The molecule has 0 fully saturated rings. The highest BCUT2D eigenvalue weighted by atomic mass is 16.2. The summed E-state index contributed by atoms with van der Waals surface area (Å²) in [6.07, 6.45) is 0.